The molecule has 0 radical (unpaired) electrons. The third kappa shape index (κ3) is 6.49. The van der Waals surface area contributed by atoms with Crippen LogP contribution < -0.4 is 15.0 Å². The maximum Gasteiger partial charge on any atom is 0.573 e. The number of aliphatic hydroxyl groups excluding tert-OH is 2. The molecule has 4 rings (SSSR count). The minimum atomic E-state index is -4.79. The molecular weight excluding hydrogens is 483 g/mol. The average molecular weight is 503 g/mol. The molecule has 2 aromatic heterocycles. The molecular formula is C24H20F3N3O6. The van der Waals surface area contributed by atoms with Crippen LogP contribution in [-0.2, 0) is 6.54 Å². The van der Waals surface area contributed by atoms with E-state index < -0.39 is 19.1 Å². The van der Waals surface area contributed by atoms with Crippen molar-refractivity contribution in [1.29, 1.82) is 0 Å². The second kappa shape index (κ2) is 10.6. The fourth-order valence-corrected chi connectivity index (χ4v) is 3.22. The summed E-state index contributed by atoms with van der Waals surface area (Å²) in [5, 5.41) is 22.2. The molecule has 0 aliphatic carbocycles. The molecule has 0 aliphatic heterocycles. The van der Waals surface area contributed by atoms with Gasteiger partial charge in [-0.05, 0) is 48.0 Å². The molecule has 0 spiro atoms. The van der Waals surface area contributed by atoms with Crippen LogP contribution in [0.5, 0.6) is 11.5 Å². The third-order valence-electron chi connectivity index (χ3n) is 4.91. The summed E-state index contributed by atoms with van der Waals surface area (Å²) in [4.78, 5) is 16.7. The molecule has 0 fully saturated rings. The summed E-state index contributed by atoms with van der Waals surface area (Å²) in [5.74, 6) is 0.360. The zero-order valence-electron chi connectivity index (χ0n) is 18.6. The lowest BCUT2D eigenvalue weighted by Gasteiger charge is -2.12. The number of alkyl halides is 3. The van der Waals surface area contributed by atoms with Crippen LogP contribution in [0.15, 0.2) is 76.2 Å². The SMILES string of the molecule is O=c1ccc(-c2nc(-c3ccc(OC(F)(F)F)cc3)no2)cn1Cc1cccc(OCC(O)CO)c1. The minimum Gasteiger partial charge on any atom is -0.491 e. The van der Waals surface area contributed by atoms with Crippen molar-refractivity contribution in [3.8, 4) is 34.3 Å². The molecule has 0 bridgehead atoms. The molecule has 4 aromatic rings. The van der Waals surface area contributed by atoms with Crippen molar-refractivity contribution in [2.24, 2.45) is 0 Å². The van der Waals surface area contributed by atoms with Crippen LogP contribution in [-0.4, -0.2) is 50.6 Å². The fraction of sp³-hybridized carbons (Fsp3) is 0.208. The van der Waals surface area contributed by atoms with Gasteiger partial charge in [0.15, 0.2) is 0 Å². The number of aromatic nitrogens is 3. The van der Waals surface area contributed by atoms with E-state index in [2.05, 4.69) is 14.9 Å². The highest BCUT2D eigenvalue weighted by Crippen LogP contribution is 2.27. The van der Waals surface area contributed by atoms with Gasteiger partial charge in [-0.2, -0.15) is 4.98 Å². The predicted molar refractivity (Wildman–Crippen MR) is 120 cm³/mol. The third-order valence-corrected chi connectivity index (χ3v) is 4.91. The number of hydrogen-bond acceptors (Lipinski definition) is 8. The van der Waals surface area contributed by atoms with E-state index in [4.69, 9.17) is 14.4 Å². The number of pyridine rings is 1. The number of ether oxygens (including phenoxy) is 2. The largest absolute Gasteiger partial charge is 0.573 e. The lowest BCUT2D eigenvalue weighted by molar-refractivity contribution is -0.274. The second-order valence-corrected chi connectivity index (χ2v) is 7.67. The molecule has 9 nitrogen and oxygen atoms in total. The van der Waals surface area contributed by atoms with Gasteiger partial charge in [-0.15, -0.1) is 13.2 Å². The number of hydrogen-bond donors (Lipinski definition) is 2. The maximum atomic E-state index is 12.4. The van der Waals surface area contributed by atoms with E-state index in [0.29, 0.717) is 16.9 Å². The average Bonchev–Trinajstić information content (AvgIpc) is 3.34. The Morgan fingerprint density at radius 2 is 1.78 bits per heavy atom. The zero-order valence-corrected chi connectivity index (χ0v) is 18.6. The number of benzene rings is 2. The van der Waals surface area contributed by atoms with Crippen LogP contribution in [0.25, 0.3) is 22.8 Å². The molecule has 0 saturated heterocycles. The summed E-state index contributed by atoms with van der Waals surface area (Å²) >= 11 is 0. The first-order valence-corrected chi connectivity index (χ1v) is 10.6. The summed E-state index contributed by atoms with van der Waals surface area (Å²) in [6.07, 6.45) is -4.25. The number of nitrogens with zero attached hydrogens (tertiary/aromatic N) is 3. The standard InChI is InChI=1S/C24H20F3N3O6/c25-24(26,27)35-19-7-4-16(5-8-19)22-28-23(36-29-22)17-6-9-21(33)30(12-17)11-15-2-1-3-20(10-15)34-14-18(32)13-31/h1-10,12,18,31-32H,11,13-14H2. The van der Waals surface area contributed by atoms with Crippen molar-refractivity contribution in [2.75, 3.05) is 13.2 Å². The molecule has 2 N–H and O–H groups in total. The summed E-state index contributed by atoms with van der Waals surface area (Å²) in [5.41, 5.74) is 1.35. The van der Waals surface area contributed by atoms with Gasteiger partial charge in [-0.3, -0.25) is 4.79 Å². The van der Waals surface area contributed by atoms with Crippen LogP contribution in [0.1, 0.15) is 5.56 Å². The molecule has 2 aromatic carbocycles. The van der Waals surface area contributed by atoms with E-state index >= 15 is 0 Å². The van der Waals surface area contributed by atoms with Crippen LogP contribution in [0, 0.1) is 0 Å². The summed E-state index contributed by atoms with van der Waals surface area (Å²) < 4.78 is 53.0. The first-order valence-electron chi connectivity index (χ1n) is 10.6. The highest BCUT2D eigenvalue weighted by molar-refractivity contribution is 5.60. The van der Waals surface area contributed by atoms with E-state index in [0.717, 1.165) is 17.7 Å². The van der Waals surface area contributed by atoms with Gasteiger partial charge in [0.25, 0.3) is 11.4 Å². The van der Waals surface area contributed by atoms with Gasteiger partial charge in [0.2, 0.25) is 5.82 Å². The van der Waals surface area contributed by atoms with Gasteiger partial charge in [0.1, 0.15) is 24.2 Å². The molecule has 36 heavy (non-hydrogen) atoms. The lowest BCUT2D eigenvalue weighted by atomic mass is 10.2. The molecule has 0 aliphatic rings. The van der Waals surface area contributed by atoms with E-state index in [-0.39, 0.29) is 36.2 Å². The molecule has 2 heterocycles. The maximum absolute atomic E-state index is 12.4. The van der Waals surface area contributed by atoms with Gasteiger partial charge in [0.05, 0.1) is 18.7 Å². The number of rotatable bonds is 9. The first-order chi connectivity index (χ1) is 17.2. The van der Waals surface area contributed by atoms with Crippen molar-refractivity contribution >= 4 is 0 Å². The topological polar surface area (TPSA) is 120 Å². The summed E-state index contributed by atoms with van der Waals surface area (Å²) in [6.45, 7) is -0.294. The molecule has 188 valence electrons. The van der Waals surface area contributed by atoms with Gasteiger partial charge in [-0.25, -0.2) is 0 Å². The van der Waals surface area contributed by atoms with Crippen molar-refractivity contribution in [1.82, 2.24) is 14.7 Å². The van der Waals surface area contributed by atoms with Crippen molar-refractivity contribution in [3.63, 3.8) is 0 Å². The van der Waals surface area contributed by atoms with Gasteiger partial charge in [-0.1, -0.05) is 17.3 Å². The zero-order chi connectivity index (χ0) is 25.7. The Morgan fingerprint density at radius 3 is 2.50 bits per heavy atom. The number of aliphatic hydroxyl groups is 2. The first kappa shape index (κ1) is 24.9. The van der Waals surface area contributed by atoms with Crippen molar-refractivity contribution in [2.45, 2.75) is 19.0 Å². The van der Waals surface area contributed by atoms with Crippen LogP contribution in [0.2, 0.25) is 0 Å². The molecule has 12 heteroatoms. The minimum absolute atomic E-state index is 0.0764. The van der Waals surface area contributed by atoms with E-state index in [1.54, 1.807) is 30.5 Å². The Kier molecular flexibility index (Phi) is 7.36. The van der Waals surface area contributed by atoms with Crippen molar-refractivity contribution in [3.05, 3.63) is 82.8 Å². The van der Waals surface area contributed by atoms with E-state index in [9.17, 15) is 23.1 Å². The Labute approximate surface area is 202 Å². The highest BCUT2D eigenvalue weighted by Gasteiger charge is 2.31. The fourth-order valence-electron chi connectivity index (χ4n) is 3.22. The van der Waals surface area contributed by atoms with Gasteiger partial charge < -0.3 is 28.8 Å². The number of halogens is 3. The Balaban J connectivity index is 1.50. The predicted octanol–water partition coefficient (Wildman–Crippen LogP) is 3.24. The van der Waals surface area contributed by atoms with E-state index in [1.807, 2.05) is 0 Å². The summed E-state index contributed by atoms with van der Waals surface area (Å²) in [6, 6.07) is 14.8. The van der Waals surface area contributed by atoms with Gasteiger partial charge >= 0.3 is 6.36 Å². The monoisotopic (exact) mass is 503 g/mol. The second-order valence-electron chi connectivity index (χ2n) is 7.67. The lowest BCUT2D eigenvalue weighted by Crippen LogP contribution is -2.21. The summed E-state index contributed by atoms with van der Waals surface area (Å²) in [7, 11) is 0. The highest BCUT2D eigenvalue weighted by atomic mass is 19.4. The van der Waals surface area contributed by atoms with Gasteiger partial charge in [0, 0.05) is 17.8 Å². The van der Waals surface area contributed by atoms with Crippen LogP contribution in [0.3, 0.4) is 0 Å². The molecule has 1 unspecified atom stereocenters. The van der Waals surface area contributed by atoms with Crippen LogP contribution in [0.4, 0.5) is 13.2 Å². The molecule has 0 amide bonds. The van der Waals surface area contributed by atoms with Crippen LogP contribution >= 0.6 is 0 Å². The quantitative estimate of drug-likeness (QED) is 0.357. The molecule has 1 atom stereocenters. The Hall–Kier alpha value is -4.16. The Bertz CT molecular complexity index is 1370. The van der Waals surface area contributed by atoms with Crippen molar-refractivity contribution < 1.29 is 37.4 Å². The smallest absolute Gasteiger partial charge is 0.491 e. The normalized spacial score (nSPS) is 12.4. The molecule has 0 saturated carbocycles. The van der Waals surface area contributed by atoms with E-state index in [1.165, 1.54) is 28.8 Å². The Morgan fingerprint density at radius 1 is 1.03 bits per heavy atom.